The van der Waals surface area contributed by atoms with Gasteiger partial charge in [-0.15, -0.1) is 10.2 Å². The molecule has 1 aliphatic rings. The molecule has 5 rings (SSSR count). The summed E-state index contributed by atoms with van der Waals surface area (Å²) in [5.41, 5.74) is 3.94. The zero-order valence-corrected chi connectivity index (χ0v) is 22.1. The van der Waals surface area contributed by atoms with Crippen LogP contribution in [0.3, 0.4) is 0 Å². The Balaban J connectivity index is 1.28. The Hall–Kier alpha value is -3.81. The number of Topliss-reactive ketones (excluding diaryl/α,β-unsaturated/α-hetero) is 1. The molecule has 0 saturated heterocycles. The Morgan fingerprint density at radius 3 is 2.50 bits per heavy atom. The molecular formula is C30H36N6O2. The van der Waals surface area contributed by atoms with Gasteiger partial charge in [0.2, 0.25) is 5.82 Å². The number of benzene rings is 2. The van der Waals surface area contributed by atoms with Gasteiger partial charge in [-0.25, -0.2) is 4.79 Å². The summed E-state index contributed by atoms with van der Waals surface area (Å²) in [4.78, 5) is 26.2. The van der Waals surface area contributed by atoms with E-state index >= 15 is 0 Å². The minimum absolute atomic E-state index is 0.0551. The van der Waals surface area contributed by atoms with Gasteiger partial charge in [-0.05, 0) is 34.2 Å². The van der Waals surface area contributed by atoms with Crippen molar-refractivity contribution in [2.75, 3.05) is 0 Å². The number of hydrogen-bond acceptors (Lipinski definition) is 5. The van der Waals surface area contributed by atoms with Crippen molar-refractivity contribution < 1.29 is 4.79 Å². The van der Waals surface area contributed by atoms with Gasteiger partial charge in [0, 0.05) is 36.8 Å². The monoisotopic (exact) mass is 512 g/mol. The van der Waals surface area contributed by atoms with E-state index in [1.54, 1.807) is 9.13 Å². The van der Waals surface area contributed by atoms with Crippen molar-refractivity contribution in [2.24, 2.45) is 5.92 Å². The topological polar surface area (TPSA) is 98.5 Å². The molecule has 1 unspecified atom stereocenters. The first-order valence-electron chi connectivity index (χ1n) is 13.8. The molecule has 1 N–H and O–H groups in total. The second-order valence-electron chi connectivity index (χ2n) is 10.5. The lowest BCUT2D eigenvalue weighted by Gasteiger charge is -2.22. The van der Waals surface area contributed by atoms with E-state index < -0.39 is 0 Å². The Bertz CT molecular complexity index is 1380. The van der Waals surface area contributed by atoms with Crippen LogP contribution in [0.1, 0.15) is 76.3 Å². The number of aromatic nitrogens is 6. The van der Waals surface area contributed by atoms with Crippen LogP contribution in [-0.4, -0.2) is 35.5 Å². The molecule has 1 fully saturated rings. The average molecular weight is 513 g/mol. The Labute approximate surface area is 223 Å². The molecule has 8 nitrogen and oxygen atoms in total. The molecule has 4 aromatic rings. The number of H-pyrrole nitrogens is 1. The molecule has 0 radical (unpaired) electrons. The van der Waals surface area contributed by atoms with Crippen molar-refractivity contribution in [1.29, 1.82) is 0 Å². The van der Waals surface area contributed by atoms with E-state index in [4.69, 9.17) is 0 Å². The summed E-state index contributed by atoms with van der Waals surface area (Å²) in [5.74, 6) is 1.38. The molecule has 0 aliphatic heterocycles. The average Bonchev–Trinajstić information content (AvgIpc) is 3.60. The molecule has 198 valence electrons. The fourth-order valence-corrected chi connectivity index (χ4v) is 5.75. The van der Waals surface area contributed by atoms with Crippen LogP contribution in [0.25, 0.3) is 22.5 Å². The highest BCUT2D eigenvalue weighted by Gasteiger charge is 2.22. The molecule has 2 aromatic heterocycles. The first-order valence-corrected chi connectivity index (χ1v) is 13.8. The smallest absolute Gasteiger partial charge is 0.300 e. The summed E-state index contributed by atoms with van der Waals surface area (Å²) in [5, 5.41) is 14.4. The first kappa shape index (κ1) is 25.8. The lowest BCUT2D eigenvalue weighted by atomic mass is 9.85. The predicted octanol–water partition coefficient (Wildman–Crippen LogP) is 5.82. The van der Waals surface area contributed by atoms with Gasteiger partial charge in [-0.1, -0.05) is 94.0 Å². The van der Waals surface area contributed by atoms with Crippen LogP contribution >= 0.6 is 0 Å². The molecule has 1 saturated carbocycles. The van der Waals surface area contributed by atoms with E-state index in [2.05, 4.69) is 39.7 Å². The molecule has 1 aliphatic carbocycles. The molecule has 1 atom stereocenters. The number of ketones is 1. The largest absolute Gasteiger partial charge is 0.328 e. The number of nitrogens with zero attached hydrogens (tertiary/aromatic N) is 5. The predicted molar refractivity (Wildman–Crippen MR) is 148 cm³/mol. The maximum Gasteiger partial charge on any atom is 0.328 e. The van der Waals surface area contributed by atoms with E-state index in [1.165, 1.54) is 32.1 Å². The highest BCUT2D eigenvalue weighted by atomic mass is 16.2. The standard InChI is InChI=1S/C30H36N6O2/c1-2-8-25(20-26(37)19-22-9-4-3-5-10-22)36-18-17-35(30(36)38)21-23-13-15-24(16-14-23)27-11-6-7-12-28(27)29-31-33-34-32-29/h6-7,11-18,22,25H,2-5,8-10,19-21H2,1H3,(H,31,32,33,34). The highest BCUT2D eigenvalue weighted by molar-refractivity contribution is 5.80. The van der Waals surface area contributed by atoms with Crippen LogP contribution in [0.5, 0.6) is 0 Å². The van der Waals surface area contributed by atoms with E-state index in [0.29, 0.717) is 36.9 Å². The van der Waals surface area contributed by atoms with Crippen molar-refractivity contribution in [1.82, 2.24) is 29.8 Å². The lowest BCUT2D eigenvalue weighted by Crippen LogP contribution is -2.29. The van der Waals surface area contributed by atoms with Crippen molar-refractivity contribution >= 4 is 5.78 Å². The summed E-state index contributed by atoms with van der Waals surface area (Å²) in [6.45, 7) is 2.59. The van der Waals surface area contributed by atoms with Crippen LogP contribution in [-0.2, 0) is 11.3 Å². The van der Waals surface area contributed by atoms with Crippen molar-refractivity contribution in [2.45, 2.75) is 77.3 Å². The maximum absolute atomic E-state index is 13.3. The number of nitrogens with one attached hydrogen (secondary N) is 1. The summed E-state index contributed by atoms with van der Waals surface area (Å²) < 4.78 is 3.51. The Morgan fingerprint density at radius 1 is 1.03 bits per heavy atom. The number of rotatable bonds is 11. The number of carbonyl (C=O) groups is 1. The minimum atomic E-state index is -0.0751. The van der Waals surface area contributed by atoms with Gasteiger partial charge in [-0.2, -0.15) is 5.21 Å². The number of aromatic amines is 1. The molecule has 38 heavy (non-hydrogen) atoms. The fraction of sp³-hybridized carbons (Fsp3) is 0.433. The number of carbonyl (C=O) groups excluding carboxylic acids is 1. The highest BCUT2D eigenvalue weighted by Crippen LogP contribution is 2.30. The SMILES string of the molecule is CCCC(CC(=O)CC1CCCCC1)n1ccn(Cc2ccc(-c3ccccc3-c3nn[nH]n3)cc2)c1=O. The van der Waals surface area contributed by atoms with Crippen LogP contribution < -0.4 is 5.69 Å². The molecule has 8 heteroatoms. The summed E-state index contributed by atoms with van der Waals surface area (Å²) in [6.07, 6.45) is 12.7. The van der Waals surface area contributed by atoms with Gasteiger partial charge in [-0.3, -0.25) is 13.9 Å². The Kier molecular flexibility index (Phi) is 8.26. The van der Waals surface area contributed by atoms with Gasteiger partial charge in [0.15, 0.2) is 0 Å². The second-order valence-corrected chi connectivity index (χ2v) is 10.5. The van der Waals surface area contributed by atoms with Gasteiger partial charge in [0.25, 0.3) is 0 Å². The van der Waals surface area contributed by atoms with Gasteiger partial charge in [0.1, 0.15) is 5.78 Å². The first-order chi connectivity index (χ1) is 18.6. The number of tetrazole rings is 1. The summed E-state index contributed by atoms with van der Waals surface area (Å²) >= 11 is 0. The van der Waals surface area contributed by atoms with E-state index in [0.717, 1.165) is 35.1 Å². The zero-order valence-electron chi connectivity index (χ0n) is 22.1. The molecule has 0 bridgehead atoms. The lowest BCUT2D eigenvalue weighted by molar-refractivity contribution is -0.121. The number of imidazole rings is 1. The molecule has 0 amide bonds. The molecule has 2 heterocycles. The second kappa shape index (κ2) is 12.2. The maximum atomic E-state index is 13.3. The number of hydrogen-bond donors (Lipinski definition) is 1. The third-order valence-corrected chi connectivity index (χ3v) is 7.72. The van der Waals surface area contributed by atoms with Crippen LogP contribution in [0.15, 0.2) is 65.7 Å². The van der Waals surface area contributed by atoms with Crippen LogP contribution in [0.4, 0.5) is 0 Å². The minimum Gasteiger partial charge on any atom is -0.300 e. The fourth-order valence-electron chi connectivity index (χ4n) is 5.75. The van der Waals surface area contributed by atoms with Gasteiger partial charge >= 0.3 is 5.69 Å². The quantitative estimate of drug-likeness (QED) is 0.273. The molecular weight excluding hydrogens is 476 g/mol. The van der Waals surface area contributed by atoms with Crippen molar-refractivity contribution in [3.63, 3.8) is 0 Å². The van der Waals surface area contributed by atoms with Gasteiger partial charge in [0.05, 0.1) is 6.54 Å². The third kappa shape index (κ3) is 6.01. The molecule has 2 aromatic carbocycles. The van der Waals surface area contributed by atoms with Crippen LogP contribution in [0.2, 0.25) is 0 Å². The third-order valence-electron chi connectivity index (χ3n) is 7.72. The van der Waals surface area contributed by atoms with E-state index in [-0.39, 0.29) is 11.7 Å². The van der Waals surface area contributed by atoms with E-state index in [1.807, 2.05) is 48.8 Å². The summed E-state index contributed by atoms with van der Waals surface area (Å²) in [7, 11) is 0. The Morgan fingerprint density at radius 2 is 1.79 bits per heavy atom. The normalized spacial score (nSPS) is 15.0. The zero-order chi connectivity index (χ0) is 26.3. The van der Waals surface area contributed by atoms with Crippen molar-refractivity contribution in [3.05, 3.63) is 77.0 Å². The summed E-state index contributed by atoms with van der Waals surface area (Å²) in [6, 6.07) is 16.1. The van der Waals surface area contributed by atoms with E-state index in [9.17, 15) is 9.59 Å². The van der Waals surface area contributed by atoms with Crippen LogP contribution in [0, 0.1) is 5.92 Å². The molecule has 0 spiro atoms. The van der Waals surface area contributed by atoms with Crippen molar-refractivity contribution in [3.8, 4) is 22.5 Å². The van der Waals surface area contributed by atoms with Gasteiger partial charge < -0.3 is 0 Å².